The second kappa shape index (κ2) is 6.89. The molecule has 1 amide bonds. The number of nitrogens with two attached hydrogens (primary N) is 1. The van der Waals surface area contributed by atoms with Gasteiger partial charge in [0.1, 0.15) is 5.75 Å². The molecule has 0 saturated heterocycles. The lowest BCUT2D eigenvalue weighted by molar-refractivity contribution is -0.133. The Kier molecular flexibility index (Phi) is 4.41. The Labute approximate surface area is 156 Å². The molecule has 2 aromatic carbocycles. The molecule has 27 heavy (non-hydrogen) atoms. The van der Waals surface area contributed by atoms with Gasteiger partial charge in [-0.25, -0.2) is 0 Å². The van der Waals surface area contributed by atoms with Crippen LogP contribution in [-0.4, -0.2) is 33.5 Å². The highest BCUT2D eigenvalue weighted by Crippen LogP contribution is 2.24. The van der Waals surface area contributed by atoms with Crippen molar-refractivity contribution in [2.75, 3.05) is 6.54 Å². The zero-order valence-electron chi connectivity index (χ0n) is 14.8. The molecule has 0 unspecified atom stereocenters. The van der Waals surface area contributed by atoms with Crippen LogP contribution >= 0.6 is 0 Å². The summed E-state index contributed by atoms with van der Waals surface area (Å²) in [5.74, 6) is 0.0465. The Morgan fingerprint density at radius 3 is 2.59 bits per heavy atom. The number of hydrogen-bond donors (Lipinski definition) is 3. The van der Waals surface area contributed by atoms with Gasteiger partial charge in [0, 0.05) is 17.6 Å². The number of benzene rings is 2. The molecule has 3 aromatic rings. The van der Waals surface area contributed by atoms with Gasteiger partial charge in [0.05, 0.1) is 12.6 Å². The third-order valence-corrected chi connectivity index (χ3v) is 5.13. The Morgan fingerprint density at radius 2 is 1.85 bits per heavy atom. The zero-order chi connectivity index (χ0) is 19.0. The van der Waals surface area contributed by atoms with Gasteiger partial charge < -0.3 is 20.7 Å². The maximum Gasteiger partial charge on any atom is 0.256 e. The van der Waals surface area contributed by atoms with Crippen molar-refractivity contribution in [3.8, 4) is 5.75 Å². The lowest BCUT2D eigenvalue weighted by atomic mass is 9.97. The smallest absolute Gasteiger partial charge is 0.256 e. The monoisotopic (exact) mass is 363 g/mol. The molecule has 4 N–H and O–H groups in total. The normalized spacial score (nSPS) is 14.8. The van der Waals surface area contributed by atoms with E-state index in [4.69, 9.17) is 5.73 Å². The quantitative estimate of drug-likeness (QED) is 0.659. The van der Waals surface area contributed by atoms with Crippen LogP contribution in [0.4, 0.5) is 0 Å². The number of aromatic nitrogens is 1. The third-order valence-electron chi connectivity index (χ3n) is 5.13. The largest absolute Gasteiger partial charge is 0.508 e. The molecule has 2 heterocycles. The number of aromatic hydroxyl groups is 1. The van der Waals surface area contributed by atoms with E-state index in [0.717, 1.165) is 22.2 Å². The molecular weight excluding hydrogens is 342 g/mol. The number of carbonyl (C=O) groups excluding carboxylic acids is 1. The highest BCUT2D eigenvalue weighted by Gasteiger charge is 2.27. The molecule has 0 radical (unpaired) electrons. The maximum atomic E-state index is 12.8. The van der Waals surface area contributed by atoms with Crippen molar-refractivity contribution in [3.63, 3.8) is 0 Å². The number of rotatable bonds is 3. The van der Waals surface area contributed by atoms with Gasteiger partial charge in [0.2, 0.25) is 5.91 Å². The van der Waals surface area contributed by atoms with Gasteiger partial charge in [-0.3, -0.25) is 9.59 Å². The fourth-order valence-corrected chi connectivity index (χ4v) is 3.72. The number of carbonyl (C=O) groups is 1. The molecule has 6 nitrogen and oxygen atoms in total. The molecule has 0 saturated carbocycles. The molecule has 138 valence electrons. The van der Waals surface area contributed by atoms with Crippen molar-refractivity contribution >= 4 is 16.7 Å². The lowest BCUT2D eigenvalue weighted by Gasteiger charge is -2.31. The van der Waals surface area contributed by atoms with E-state index in [1.54, 1.807) is 29.2 Å². The average Bonchev–Trinajstić information content (AvgIpc) is 2.69. The zero-order valence-corrected chi connectivity index (χ0v) is 14.8. The second-order valence-electron chi connectivity index (χ2n) is 6.94. The molecular formula is C21H21N3O3. The van der Waals surface area contributed by atoms with Gasteiger partial charge >= 0.3 is 0 Å². The highest BCUT2D eigenvalue weighted by molar-refractivity contribution is 5.87. The van der Waals surface area contributed by atoms with E-state index >= 15 is 0 Å². The number of fused-ring (bicyclic) bond motifs is 3. The molecule has 4 rings (SSSR count). The first kappa shape index (κ1) is 17.3. The molecule has 0 bridgehead atoms. The van der Waals surface area contributed by atoms with Gasteiger partial charge in [-0.15, -0.1) is 0 Å². The van der Waals surface area contributed by atoms with E-state index in [9.17, 15) is 14.7 Å². The summed E-state index contributed by atoms with van der Waals surface area (Å²) >= 11 is 0. The van der Waals surface area contributed by atoms with Gasteiger partial charge in [0.25, 0.3) is 5.56 Å². The van der Waals surface area contributed by atoms with Crippen molar-refractivity contribution in [1.82, 2.24) is 9.88 Å². The van der Waals surface area contributed by atoms with Gasteiger partial charge in [0.15, 0.2) is 0 Å². The maximum absolute atomic E-state index is 12.8. The number of hydrogen-bond acceptors (Lipinski definition) is 4. The van der Waals surface area contributed by atoms with Gasteiger partial charge in [-0.2, -0.15) is 0 Å². The van der Waals surface area contributed by atoms with Crippen LogP contribution in [0.1, 0.15) is 16.8 Å². The van der Waals surface area contributed by atoms with Crippen LogP contribution in [0.15, 0.2) is 53.3 Å². The van der Waals surface area contributed by atoms with Crippen molar-refractivity contribution < 1.29 is 9.90 Å². The Morgan fingerprint density at radius 1 is 1.15 bits per heavy atom. The van der Waals surface area contributed by atoms with Crippen molar-refractivity contribution in [2.24, 2.45) is 5.73 Å². The molecule has 0 aliphatic carbocycles. The van der Waals surface area contributed by atoms with Crippen molar-refractivity contribution in [1.29, 1.82) is 0 Å². The van der Waals surface area contributed by atoms with Crippen LogP contribution in [0.3, 0.4) is 0 Å². The molecule has 1 atom stereocenters. The Bertz CT molecular complexity index is 1060. The number of phenolic OH excluding ortho intramolecular Hbond substituents is 1. The summed E-state index contributed by atoms with van der Waals surface area (Å²) in [6, 6.07) is 13.6. The van der Waals surface area contributed by atoms with E-state index in [1.807, 2.05) is 24.3 Å². The summed E-state index contributed by atoms with van der Waals surface area (Å²) in [5, 5.41) is 11.0. The number of amides is 1. The number of nitrogens with one attached hydrogen (secondary N) is 1. The topological polar surface area (TPSA) is 99.4 Å². The van der Waals surface area contributed by atoms with E-state index in [-0.39, 0.29) is 17.2 Å². The summed E-state index contributed by atoms with van der Waals surface area (Å²) in [4.78, 5) is 29.8. The first-order valence-electron chi connectivity index (χ1n) is 8.98. The summed E-state index contributed by atoms with van der Waals surface area (Å²) in [6.45, 7) is 0.933. The SMILES string of the molecule is N[C@@H](Cc1ccc(O)cc1)C(=O)N1CCc2c([nH]c(=O)c3ccccc23)C1. The Balaban J connectivity index is 1.54. The van der Waals surface area contributed by atoms with E-state index in [1.165, 1.54) is 0 Å². The molecule has 1 aliphatic heterocycles. The fraction of sp³-hybridized carbons (Fsp3) is 0.238. The van der Waals surface area contributed by atoms with Crippen LogP contribution in [-0.2, 0) is 24.2 Å². The minimum absolute atomic E-state index is 0.132. The number of phenols is 1. The van der Waals surface area contributed by atoms with Crippen molar-refractivity contribution in [3.05, 3.63) is 75.7 Å². The summed E-state index contributed by atoms with van der Waals surface area (Å²) in [5.41, 5.74) is 8.78. The molecule has 1 aromatic heterocycles. The number of H-pyrrole nitrogens is 1. The fourth-order valence-electron chi connectivity index (χ4n) is 3.72. The molecule has 0 spiro atoms. The van der Waals surface area contributed by atoms with E-state index in [0.29, 0.717) is 31.3 Å². The van der Waals surface area contributed by atoms with Crippen LogP contribution in [0.2, 0.25) is 0 Å². The Hall–Kier alpha value is -3.12. The molecule has 0 fully saturated rings. The summed E-state index contributed by atoms with van der Waals surface area (Å²) in [6.07, 6.45) is 1.08. The van der Waals surface area contributed by atoms with Crippen molar-refractivity contribution in [2.45, 2.75) is 25.4 Å². The summed E-state index contributed by atoms with van der Waals surface area (Å²) in [7, 11) is 0. The van der Waals surface area contributed by atoms with Gasteiger partial charge in [-0.05, 0) is 47.6 Å². The van der Waals surface area contributed by atoms with Crippen LogP contribution < -0.4 is 11.3 Å². The highest BCUT2D eigenvalue weighted by atomic mass is 16.3. The minimum Gasteiger partial charge on any atom is -0.508 e. The summed E-state index contributed by atoms with van der Waals surface area (Å²) < 4.78 is 0. The van der Waals surface area contributed by atoms with Gasteiger partial charge in [-0.1, -0.05) is 30.3 Å². The predicted octanol–water partition coefficient (Wildman–Crippen LogP) is 1.69. The minimum atomic E-state index is -0.664. The van der Waals surface area contributed by atoms with Crippen LogP contribution in [0, 0.1) is 0 Å². The molecule has 6 heteroatoms. The first-order valence-corrected chi connectivity index (χ1v) is 8.98. The second-order valence-corrected chi connectivity index (χ2v) is 6.94. The number of aromatic amines is 1. The van der Waals surface area contributed by atoms with E-state index < -0.39 is 6.04 Å². The number of pyridine rings is 1. The lowest BCUT2D eigenvalue weighted by Crippen LogP contribution is -2.47. The standard InChI is InChI=1S/C21H21N3O3/c22-18(11-13-5-7-14(25)8-6-13)21(27)24-10-9-16-15-3-1-2-4-17(15)20(26)23-19(16)12-24/h1-8,18,25H,9-12,22H2,(H,23,26)/t18-/m0/s1. The van der Waals surface area contributed by atoms with E-state index in [2.05, 4.69) is 4.98 Å². The molecule has 1 aliphatic rings. The first-order chi connectivity index (χ1) is 13.0. The number of nitrogens with zero attached hydrogens (tertiary/aromatic N) is 1. The predicted molar refractivity (Wildman–Crippen MR) is 103 cm³/mol. The third kappa shape index (κ3) is 3.31. The van der Waals surface area contributed by atoms with Crippen LogP contribution in [0.25, 0.3) is 10.8 Å². The average molecular weight is 363 g/mol. The van der Waals surface area contributed by atoms with Crippen LogP contribution in [0.5, 0.6) is 5.75 Å².